The number of halogens is 1. The third-order valence-corrected chi connectivity index (χ3v) is 3.37. The van der Waals surface area contributed by atoms with Crippen molar-refractivity contribution >= 4 is 11.0 Å². The molecule has 104 valence electrons. The van der Waals surface area contributed by atoms with Crippen molar-refractivity contribution in [3.63, 3.8) is 0 Å². The SMILES string of the molecule is CCNC(c1cc2cccc(F)c2o1)c1occc1C. The number of aryl methyl sites for hydroxylation is 1. The molecule has 1 atom stereocenters. The Morgan fingerprint density at radius 1 is 1.30 bits per heavy atom. The van der Waals surface area contributed by atoms with Crippen molar-refractivity contribution in [2.45, 2.75) is 19.9 Å². The molecule has 1 aromatic carbocycles. The van der Waals surface area contributed by atoms with Crippen LogP contribution < -0.4 is 5.32 Å². The first-order chi connectivity index (χ1) is 9.70. The topological polar surface area (TPSA) is 38.3 Å². The zero-order chi connectivity index (χ0) is 14.1. The highest BCUT2D eigenvalue weighted by Gasteiger charge is 2.23. The van der Waals surface area contributed by atoms with E-state index in [1.54, 1.807) is 12.3 Å². The molecule has 0 amide bonds. The molecule has 0 saturated heterocycles. The van der Waals surface area contributed by atoms with Crippen LogP contribution in [0.1, 0.15) is 30.0 Å². The van der Waals surface area contributed by atoms with E-state index in [1.807, 2.05) is 32.0 Å². The van der Waals surface area contributed by atoms with Crippen LogP contribution in [0.3, 0.4) is 0 Å². The van der Waals surface area contributed by atoms with Gasteiger partial charge in [-0.1, -0.05) is 19.1 Å². The molecule has 0 aliphatic carbocycles. The largest absolute Gasteiger partial charge is 0.467 e. The van der Waals surface area contributed by atoms with E-state index in [2.05, 4.69) is 5.32 Å². The summed E-state index contributed by atoms with van der Waals surface area (Å²) in [6, 6.07) is 8.47. The Labute approximate surface area is 116 Å². The normalized spacial score (nSPS) is 12.9. The quantitative estimate of drug-likeness (QED) is 0.775. The van der Waals surface area contributed by atoms with E-state index in [0.29, 0.717) is 5.76 Å². The van der Waals surface area contributed by atoms with Crippen LogP contribution in [-0.4, -0.2) is 6.54 Å². The van der Waals surface area contributed by atoms with Crippen LogP contribution in [0.2, 0.25) is 0 Å². The van der Waals surface area contributed by atoms with Crippen molar-refractivity contribution in [3.05, 3.63) is 59.5 Å². The Hall–Kier alpha value is -2.07. The molecular weight excluding hydrogens is 257 g/mol. The second kappa shape index (κ2) is 5.13. The molecule has 2 aromatic heterocycles. The van der Waals surface area contributed by atoms with E-state index >= 15 is 0 Å². The first-order valence-electron chi connectivity index (χ1n) is 6.66. The lowest BCUT2D eigenvalue weighted by Crippen LogP contribution is -2.21. The number of hydrogen-bond acceptors (Lipinski definition) is 3. The maximum absolute atomic E-state index is 13.7. The van der Waals surface area contributed by atoms with Gasteiger partial charge in [-0.2, -0.15) is 0 Å². The van der Waals surface area contributed by atoms with Crippen molar-refractivity contribution in [1.82, 2.24) is 5.32 Å². The summed E-state index contributed by atoms with van der Waals surface area (Å²) in [4.78, 5) is 0. The molecule has 4 heteroatoms. The molecule has 0 aliphatic rings. The predicted octanol–water partition coefficient (Wildman–Crippen LogP) is 4.17. The summed E-state index contributed by atoms with van der Waals surface area (Å²) in [5, 5.41) is 4.07. The fourth-order valence-electron chi connectivity index (χ4n) is 2.40. The first kappa shape index (κ1) is 12.9. The van der Waals surface area contributed by atoms with Gasteiger partial charge in [-0.3, -0.25) is 0 Å². The third kappa shape index (κ3) is 2.12. The summed E-state index contributed by atoms with van der Waals surface area (Å²) < 4.78 is 25.0. The lowest BCUT2D eigenvalue weighted by atomic mass is 10.1. The highest BCUT2D eigenvalue weighted by atomic mass is 19.1. The molecule has 0 saturated carbocycles. The van der Waals surface area contributed by atoms with Crippen molar-refractivity contribution in [1.29, 1.82) is 0 Å². The fraction of sp³-hybridized carbons (Fsp3) is 0.250. The van der Waals surface area contributed by atoms with Gasteiger partial charge in [0.05, 0.1) is 6.26 Å². The molecule has 1 unspecified atom stereocenters. The molecule has 1 N–H and O–H groups in total. The summed E-state index contributed by atoms with van der Waals surface area (Å²) in [5.74, 6) is 1.11. The molecule has 20 heavy (non-hydrogen) atoms. The number of para-hydroxylation sites is 1. The molecule has 3 aromatic rings. The Kier molecular flexibility index (Phi) is 3.32. The second-order valence-electron chi connectivity index (χ2n) is 4.77. The number of nitrogens with one attached hydrogen (secondary N) is 1. The predicted molar refractivity (Wildman–Crippen MR) is 75.1 cm³/mol. The van der Waals surface area contributed by atoms with Crippen molar-refractivity contribution in [2.75, 3.05) is 6.54 Å². The average Bonchev–Trinajstić information content (AvgIpc) is 3.03. The zero-order valence-electron chi connectivity index (χ0n) is 11.4. The minimum absolute atomic E-state index is 0.207. The van der Waals surface area contributed by atoms with Gasteiger partial charge in [0.1, 0.15) is 17.6 Å². The van der Waals surface area contributed by atoms with Gasteiger partial charge in [-0.25, -0.2) is 4.39 Å². The van der Waals surface area contributed by atoms with Crippen molar-refractivity contribution in [2.24, 2.45) is 0 Å². The average molecular weight is 273 g/mol. The maximum Gasteiger partial charge on any atom is 0.169 e. The van der Waals surface area contributed by atoms with E-state index in [-0.39, 0.29) is 17.4 Å². The molecular formula is C16H16FNO2. The molecule has 2 heterocycles. The van der Waals surface area contributed by atoms with Crippen LogP contribution in [0.15, 0.2) is 45.4 Å². The Morgan fingerprint density at radius 3 is 2.80 bits per heavy atom. The Morgan fingerprint density at radius 2 is 2.15 bits per heavy atom. The van der Waals surface area contributed by atoms with Crippen LogP contribution in [0, 0.1) is 12.7 Å². The first-order valence-corrected chi connectivity index (χ1v) is 6.66. The van der Waals surface area contributed by atoms with Gasteiger partial charge < -0.3 is 14.2 Å². The van der Waals surface area contributed by atoms with E-state index in [4.69, 9.17) is 8.83 Å². The number of fused-ring (bicyclic) bond motifs is 1. The van der Waals surface area contributed by atoms with Gasteiger partial charge in [-0.05, 0) is 37.2 Å². The molecule has 0 fully saturated rings. The molecule has 0 bridgehead atoms. The number of furan rings is 2. The monoisotopic (exact) mass is 273 g/mol. The summed E-state index contributed by atoms with van der Waals surface area (Å²) in [5.41, 5.74) is 1.33. The van der Waals surface area contributed by atoms with E-state index < -0.39 is 0 Å². The summed E-state index contributed by atoms with van der Waals surface area (Å²) in [6.07, 6.45) is 1.65. The zero-order valence-corrected chi connectivity index (χ0v) is 11.4. The lowest BCUT2D eigenvalue weighted by Gasteiger charge is -2.13. The van der Waals surface area contributed by atoms with Gasteiger partial charge in [-0.15, -0.1) is 0 Å². The molecule has 0 aliphatic heterocycles. The Balaban J connectivity index is 2.10. The third-order valence-electron chi connectivity index (χ3n) is 3.37. The molecule has 0 radical (unpaired) electrons. The van der Waals surface area contributed by atoms with Crippen LogP contribution in [0.25, 0.3) is 11.0 Å². The summed E-state index contributed by atoms with van der Waals surface area (Å²) in [6.45, 7) is 4.74. The van der Waals surface area contributed by atoms with E-state index in [0.717, 1.165) is 23.3 Å². The molecule has 3 nitrogen and oxygen atoms in total. The van der Waals surface area contributed by atoms with Crippen LogP contribution in [0.5, 0.6) is 0 Å². The molecule has 3 rings (SSSR count). The van der Waals surface area contributed by atoms with Crippen molar-refractivity contribution in [3.8, 4) is 0 Å². The second-order valence-corrected chi connectivity index (χ2v) is 4.77. The van der Waals surface area contributed by atoms with E-state index in [1.165, 1.54) is 6.07 Å². The smallest absolute Gasteiger partial charge is 0.169 e. The number of benzene rings is 1. The van der Waals surface area contributed by atoms with Crippen LogP contribution in [-0.2, 0) is 0 Å². The highest BCUT2D eigenvalue weighted by Crippen LogP contribution is 2.31. The minimum atomic E-state index is -0.347. The minimum Gasteiger partial charge on any atom is -0.467 e. The van der Waals surface area contributed by atoms with Gasteiger partial charge in [0.25, 0.3) is 0 Å². The van der Waals surface area contributed by atoms with Gasteiger partial charge in [0.15, 0.2) is 11.4 Å². The molecule has 0 spiro atoms. The van der Waals surface area contributed by atoms with Crippen LogP contribution in [0.4, 0.5) is 4.39 Å². The Bertz CT molecular complexity index is 729. The number of hydrogen-bond donors (Lipinski definition) is 1. The van der Waals surface area contributed by atoms with E-state index in [9.17, 15) is 4.39 Å². The lowest BCUT2D eigenvalue weighted by molar-refractivity contribution is 0.398. The van der Waals surface area contributed by atoms with Crippen molar-refractivity contribution < 1.29 is 13.2 Å². The highest BCUT2D eigenvalue weighted by molar-refractivity contribution is 5.78. The van der Waals surface area contributed by atoms with Crippen LogP contribution >= 0.6 is 0 Å². The van der Waals surface area contributed by atoms with Gasteiger partial charge in [0.2, 0.25) is 0 Å². The summed E-state index contributed by atoms with van der Waals surface area (Å²) in [7, 11) is 0. The maximum atomic E-state index is 13.7. The fourth-order valence-corrected chi connectivity index (χ4v) is 2.40. The number of rotatable bonds is 4. The van der Waals surface area contributed by atoms with Gasteiger partial charge in [0, 0.05) is 5.39 Å². The standard InChI is InChI=1S/C16H16FNO2/c1-3-18-14(15-10(2)7-8-19-15)13-9-11-5-4-6-12(17)16(11)20-13/h4-9,14,18H,3H2,1-2H3. The van der Waals surface area contributed by atoms with Gasteiger partial charge >= 0.3 is 0 Å². The summed E-state index contributed by atoms with van der Waals surface area (Å²) >= 11 is 0.